The normalized spacial score (nSPS) is 11.4. The van der Waals surface area contributed by atoms with Gasteiger partial charge in [0, 0.05) is 18.8 Å². The summed E-state index contributed by atoms with van der Waals surface area (Å²) < 4.78 is 23.4. The number of aromatic nitrogens is 1. The lowest BCUT2D eigenvalue weighted by Crippen LogP contribution is -2.07. The van der Waals surface area contributed by atoms with Crippen LogP contribution in [0.4, 0.5) is 10.1 Å². The quantitative estimate of drug-likeness (QED) is 0.441. The second-order valence-electron chi connectivity index (χ2n) is 6.53. The summed E-state index contributed by atoms with van der Waals surface area (Å²) in [5, 5.41) is 14.0. The van der Waals surface area contributed by atoms with Crippen LogP contribution in [0.2, 0.25) is 0 Å². The minimum absolute atomic E-state index is 0.120. The lowest BCUT2D eigenvalue weighted by atomic mass is 10.2. The number of methoxy groups -OCH3 is 1. The number of phenols is 1. The number of anilines is 1. The molecule has 1 aromatic heterocycles. The third kappa shape index (κ3) is 5.68. The Morgan fingerprint density at radius 3 is 2.86 bits per heavy atom. The lowest BCUT2D eigenvalue weighted by Gasteiger charge is -2.09. The molecule has 0 aliphatic carbocycles. The maximum absolute atomic E-state index is 12.0. The van der Waals surface area contributed by atoms with Crippen molar-refractivity contribution in [3.05, 3.63) is 46.5 Å². The number of hydrogen-bond donors (Lipinski definition) is 2. The van der Waals surface area contributed by atoms with Gasteiger partial charge in [0.05, 0.1) is 23.9 Å². The number of alkyl halides is 1. The highest BCUT2D eigenvalue weighted by atomic mass is 32.1. The van der Waals surface area contributed by atoms with Gasteiger partial charge in [-0.25, -0.2) is 9.37 Å². The van der Waals surface area contributed by atoms with Gasteiger partial charge in [-0.05, 0) is 54.8 Å². The fraction of sp³-hybridized carbons (Fsp3) is 0.318. The Labute approximate surface area is 173 Å². The van der Waals surface area contributed by atoms with E-state index in [9.17, 15) is 9.50 Å². The molecule has 0 amide bonds. The first kappa shape index (κ1) is 21.1. The van der Waals surface area contributed by atoms with Crippen molar-refractivity contribution in [1.29, 1.82) is 0 Å². The number of phenolic OH excluding ortho intramolecular Hbond substituents is 1. The molecule has 2 aromatic carbocycles. The molecule has 3 rings (SSSR count). The minimum Gasteiger partial charge on any atom is -0.504 e. The molecule has 3 aromatic rings. The Morgan fingerprint density at radius 2 is 2.07 bits per heavy atom. The highest BCUT2D eigenvalue weighted by molar-refractivity contribution is 7.19. The molecule has 2 N–H and O–H groups in total. The van der Waals surface area contributed by atoms with E-state index in [1.807, 2.05) is 18.2 Å². The van der Waals surface area contributed by atoms with Gasteiger partial charge in [-0.15, -0.1) is 11.3 Å². The fourth-order valence-corrected chi connectivity index (χ4v) is 3.77. The van der Waals surface area contributed by atoms with Crippen molar-refractivity contribution in [3.63, 3.8) is 0 Å². The number of fused-ring (bicyclic) bond motifs is 1. The molecule has 5 nitrogen and oxygen atoms in total. The van der Waals surface area contributed by atoms with Crippen LogP contribution in [-0.2, 0) is 4.74 Å². The molecule has 0 radical (unpaired) electrons. The van der Waals surface area contributed by atoms with E-state index in [-0.39, 0.29) is 12.4 Å². The van der Waals surface area contributed by atoms with Crippen molar-refractivity contribution in [1.82, 2.24) is 4.98 Å². The summed E-state index contributed by atoms with van der Waals surface area (Å²) in [5.41, 5.74) is 4.09. The zero-order chi connectivity index (χ0) is 20.6. The van der Waals surface area contributed by atoms with Crippen LogP contribution in [0.3, 0.4) is 0 Å². The van der Waals surface area contributed by atoms with Crippen LogP contribution in [0.5, 0.6) is 11.5 Å². The van der Waals surface area contributed by atoms with Gasteiger partial charge in [-0.1, -0.05) is 12.1 Å². The molecule has 0 saturated heterocycles. The van der Waals surface area contributed by atoms with Gasteiger partial charge < -0.3 is 19.9 Å². The molecule has 0 fully saturated rings. The second-order valence-corrected chi connectivity index (χ2v) is 7.60. The van der Waals surface area contributed by atoms with Gasteiger partial charge in [0.15, 0.2) is 11.5 Å². The highest BCUT2D eigenvalue weighted by Gasteiger charge is 2.07. The molecular formula is C22H25FN2O3S. The number of nitrogens with one attached hydrogen (secondary N) is 1. The van der Waals surface area contributed by atoms with Crippen molar-refractivity contribution >= 4 is 39.4 Å². The summed E-state index contributed by atoms with van der Waals surface area (Å²) in [5.74, 6) is 0.562. The maximum atomic E-state index is 12.0. The first-order valence-corrected chi connectivity index (χ1v) is 10.3. The number of ether oxygens (including phenoxy) is 2. The average molecular weight is 417 g/mol. The van der Waals surface area contributed by atoms with E-state index >= 15 is 0 Å². The number of nitrogens with zero attached hydrogens (tertiary/aromatic N) is 1. The second kappa shape index (κ2) is 10.2. The van der Waals surface area contributed by atoms with Crippen LogP contribution in [0.15, 0.2) is 30.3 Å². The molecule has 1 heterocycles. The topological polar surface area (TPSA) is 63.6 Å². The predicted octanol–water partition coefficient (Wildman–Crippen LogP) is 5.28. The van der Waals surface area contributed by atoms with E-state index in [0.717, 1.165) is 45.0 Å². The Kier molecular flexibility index (Phi) is 7.43. The number of aryl methyl sites for hydroxylation is 1. The monoisotopic (exact) mass is 416 g/mol. The van der Waals surface area contributed by atoms with Gasteiger partial charge in [0.2, 0.25) is 0 Å². The van der Waals surface area contributed by atoms with Gasteiger partial charge >= 0.3 is 0 Å². The number of aromatic hydroxyl groups is 1. The number of thiazole rings is 1. The summed E-state index contributed by atoms with van der Waals surface area (Å²) in [7, 11) is 1.53. The standard InChI is InChI=1S/C22H25FN2O3S/c1-15-12-18-21(14-17(15)24-9-3-10-28-11-8-23)29-22(25-18)7-5-16-4-6-19(26)20(13-16)27-2/h4-7,12-14,24,26H,3,8-11H2,1-2H3/b7-5+. The Balaban J connectivity index is 1.68. The molecule has 0 saturated carbocycles. The van der Waals surface area contributed by atoms with E-state index in [4.69, 9.17) is 9.47 Å². The maximum Gasteiger partial charge on any atom is 0.161 e. The molecule has 0 unspecified atom stereocenters. The molecule has 0 aliphatic rings. The fourth-order valence-electron chi connectivity index (χ4n) is 2.88. The molecular weight excluding hydrogens is 391 g/mol. The van der Waals surface area contributed by atoms with Crippen molar-refractivity contribution in [2.45, 2.75) is 13.3 Å². The summed E-state index contributed by atoms with van der Waals surface area (Å²) in [6, 6.07) is 9.41. The van der Waals surface area contributed by atoms with Crippen molar-refractivity contribution in [2.75, 3.05) is 38.9 Å². The third-order valence-corrected chi connectivity index (χ3v) is 5.36. The molecule has 0 atom stereocenters. The van der Waals surface area contributed by atoms with E-state index in [1.54, 1.807) is 23.5 Å². The molecule has 7 heteroatoms. The largest absolute Gasteiger partial charge is 0.504 e. The summed E-state index contributed by atoms with van der Waals surface area (Å²) in [6.45, 7) is 3.10. The summed E-state index contributed by atoms with van der Waals surface area (Å²) in [4.78, 5) is 4.69. The highest BCUT2D eigenvalue weighted by Crippen LogP contribution is 2.30. The van der Waals surface area contributed by atoms with E-state index < -0.39 is 6.67 Å². The molecule has 0 bridgehead atoms. The van der Waals surface area contributed by atoms with Crippen LogP contribution in [0, 0.1) is 6.92 Å². The Morgan fingerprint density at radius 1 is 1.21 bits per heavy atom. The smallest absolute Gasteiger partial charge is 0.161 e. The SMILES string of the molecule is COc1cc(/C=C/c2nc3cc(C)c(NCCCOCCF)cc3s2)ccc1O. The van der Waals surface area contributed by atoms with Crippen LogP contribution in [-0.4, -0.2) is 43.6 Å². The van der Waals surface area contributed by atoms with Crippen molar-refractivity contribution in [3.8, 4) is 11.5 Å². The van der Waals surface area contributed by atoms with Gasteiger partial charge in [0.25, 0.3) is 0 Å². The zero-order valence-electron chi connectivity index (χ0n) is 16.6. The molecule has 0 aliphatic heterocycles. The number of rotatable bonds is 10. The van der Waals surface area contributed by atoms with Gasteiger partial charge in [0.1, 0.15) is 11.7 Å². The number of hydrogen-bond acceptors (Lipinski definition) is 6. The van der Waals surface area contributed by atoms with E-state index in [2.05, 4.69) is 29.4 Å². The lowest BCUT2D eigenvalue weighted by molar-refractivity contribution is 0.119. The van der Waals surface area contributed by atoms with Crippen molar-refractivity contribution in [2.24, 2.45) is 0 Å². The van der Waals surface area contributed by atoms with Crippen LogP contribution < -0.4 is 10.1 Å². The van der Waals surface area contributed by atoms with Crippen LogP contribution in [0.25, 0.3) is 22.4 Å². The molecule has 154 valence electrons. The predicted molar refractivity (Wildman–Crippen MR) is 118 cm³/mol. The van der Waals surface area contributed by atoms with E-state index in [0.29, 0.717) is 12.4 Å². The number of benzene rings is 2. The van der Waals surface area contributed by atoms with Crippen LogP contribution in [0.1, 0.15) is 22.6 Å². The van der Waals surface area contributed by atoms with Gasteiger partial charge in [-0.2, -0.15) is 0 Å². The summed E-state index contributed by atoms with van der Waals surface area (Å²) in [6.07, 6.45) is 4.73. The molecule has 29 heavy (non-hydrogen) atoms. The van der Waals surface area contributed by atoms with Crippen molar-refractivity contribution < 1.29 is 19.0 Å². The first-order valence-electron chi connectivity index (χ1n) is 9.44. The van der Waals surface area contributed by atoms with E-state index in [1.165, 1.54) is 7.11 Å². The average Bonchev–Trinajstić information content (AvgIpc) is 3.11. The summed E-state index contributed by atoms with van der Waals surface area (Å²) >= 11 is 1.62. The third-order valence-electron chi connectivity index (χ3n) is 4.38. The first-order chi connectivity index (χ1) is 14.1. The van der Waals surface area contributed by atoms with Crippen LogP contribution >= 0.6 is 11.3 Å². The number of halogens is 1. The minimum atomic E-state index is -0.439. The Bertz CT molecular complexity index is 988. The molecule has 0 spiro atoms. The van der Waals surface area contributed by atoms with Gasteiger partial charge in [-0.3, -0.25) is 0 Å². The Hall–Kier alpha value is -2.64. The zero-order valence-corrected chi connectivity index (χ0v) is 17.4.